The van der Waals surface area contributed by atoms with Gasteiger partial charge >= 0.3 is 5.97 Å². The highest BCUT2D eigenvalue weighted by atomic mass is 16.6. The highest BCUT2D eigenvalue weighted by molar-refractivity contribution is 5.91. The van der Waals surface area contributed by atoms with Crippen molar-refractivity contribution in [3.63, 3.8) is 0 Å². The number of esters is 1. The Hall–Kier alpha value is -2.61. The van der Waals surface area contributed by atoms with Gasteiger partial charge in [-0.05, 0) is 93.2 Å². The van der Waals surface area contributed by atoms with Crippen LogP contribution >= 0.6 is 0 Å². The van der Waals surface area contributed by atoms with E-state index < -0.39 is 11.6 Å². The van der Waals surface area contributed by atoms with Crippen LogP contribution in [-0.4, -0.2) is 28.9 Å². The third-order valence-electron chi connectivity index (χ3n) is 9.26. The molecule has 4 aliphatic rings. The average Bonchev–Trinajstić information content (AvgIpc) is 3.17. The number of fused-ring (bicyclic) bond motifs is 5. The maximum atomic E-state index is 12.9. The van der Waals surface area contributed by atoms with Gasteiger partial charge < -0.3 is 9.47 Å². The van der Waals surface area contributed by atoms with Crippen molar-refractivity contribution in [2.24, 2.45) is 29.1 Å². The molecule has 5 rings (SSSR count). The number of rotatable bonds is 5. The van der Waals surface area contributed by atoms with Crippen molar-refractivity contribution >= 4 is 11.8 Å². The molecule has 0 aliphatic heterocycles. The van der Waals surface area contributed by atoms with Crippen LogP contribution in [0.3, 0.4) is 0 Å². The second-order valence-electron chi connectivity index (χ2n) is 10.3. The summed E-state index contributed by atoms with van der Waals surface area (Å²) in [4.78, 5) is 28.8. The van der Waals surface area contributed by atoms with Gasteiger partial charge in [-0.15, -0.1) is 6.42 Å². The van der Waals surface area contributed by atoms with Crippen LogP contribution in [0.25, 0.3) is 0 Å². The smallest absolute Gasteiger partial charge is 0.345 e. The summed E-state index contributed by atoms with van der Waals surface area (Å²) in [5.41, 5.74) is 0.334. The Labute approximate surface area is 196 Å². The Kier molecular flexibility index (Phi) is 5.80. The fourth-order valence-electron chi connectivity index (χ4n) is 7.92. The predicted octanol–water partition coefficient (Wildman–Crippen LogP) is 4.91. The molecular weight excluding hydrogens is 414 g/mol. The van der Waals surface area contributed by atoms with E-state index in [2.05, 4.69) is 17.8 Å². The lowest BCUT2D eigenvalue weighted by Gasteiger charge is -2.56. The third kappa shape index (κ3) is 3.59. The van der Waals surface area contributed by atoms with Crippen LogP contribution in [0.15, 0.2) is 36.2 Å². The summed E-state index contributed by atoms with van der Waals surface area (Å²) < 4.78 is 11.7. The maximum absolute atomic E-state index is 12.9. The number of terminal acetylenes is 1. The van der Waals surface area contributed by atoms with Gasteiger partial charge in [0.1, 0.15) is 5.75 Å². The van der Waals surface area contributed by atoms with Crippen LogP contribution in [0, 0.1) is 41.4 Å². The van der Waals surface area contributed by atoms with Crippen LogP contribution in [0.2, 0.25) is 0 Å². The number of pyridine rings is 1. The monoisotopic (exact) mass is 447 g/mol. The van der Waals surface area contributed by atoms with Crippen molar-refractivity contribution in [3.8, 4) is 18.1 Å². The normalized spacial score (nSPS) is 37.1. The van der Waals surface area contributed by atoms with Gasteiger partial charge in [0, 0.05) is 18.0 Å². The first-order chi connectivity index (χ1) is 16.0. The van der Waals surface area contributed by atoms with Gasteiger partial charge in [0.15, 0.2) is 18.0 Å². The van der Waals surface area contributed by atoms with Gasteiger partial charge in [0.2, 0.25) is 0 Å². The Morgan fingerprint density at radius 2 is 2.09 bits per heavy atom. The van der Waals surface area contributed by atoms with Crippen molar-refractivity contribution in [2.75, 3.05) is 6.61 Å². The predicted molar refractivity (Wildman–Crippen MR) is 124 cm³/mol. The molecule has 0 bridgehead atoms. The minimum atomic E-state index is -0.870. The molecule has 1 aromatic heterocycles. The van der Waals surface area contributed by atoms with E-state index in [-0.39, 0.29) is 12.0 Å². The molecule has 1 aromatic rings. The molecule has 33 heavy (non-hydrogen) atoms. The number of allylic oxidation sites excluding steroid dienone is 1. The standard InChI is InChI=1S/C28H33NO4/c1-3-27-13-11-23-22-10-8-20(30)16-19(22)7-9-24(23)25(27)12-14-28(27,4-2)33-26(31)18-32-21-6-5-15-29-17-21/h2,5-6,15-17,22-25H,3,7-14,18H2,1H3/t22?,23?,24?,25?,27?,28-/m0/s1. The third-order valence-corrected chi connectivity index (χ3v) is 9.26. The van der Waals surface area contributed by atoms with Gasteiger partial charge in [-0.25, -0.2) is 4.79 Å². The fraction of sp³-hybridized carbons (Fsp3) is 0.607. The molecule has 174 valence electrons. The van der Waals surface area contributed by atoms with Crippen LogP contribution in [-0.2, 0) is 14.3 Å². The number of ketones is 1. The molecule has 6 atom stereocenters. The summed E-state index contributed by atoms with van der Waals surface area (Å²) in [6, 6.07) is 3.53. The van der Waals surface area contributed by atoms with Crippen LogP contribution in [0.5, 0.6) is 5.75 Å². The van der Waals surface area contributed by atoms with Crippen molar-refractivity contribution < 1.29 is 19.1 Å². The lowest BCUT2D eigenvalue weighted by molar-refractivity contribution is -0.175. The molecule has 3 fully saturated rings. The molecule has 5 unspecified atom stereocenters. The molecule has 0 spiro atoms. The van der Waals surface area contributed by atoms with Gasteiger partial charge in [0.25, 0.3) is 0 Å². The molecule has 5 nitrogen and oxygen atoms in total. The number of nitrogens with zero attached hydrogens (tertiary/aromatic N) is 1. The van der Waals surface area contributed by atoms with Gasteiger partial charge in [-0.1, -0.05) is 18.4 Å². The quantitative estimate of drug-likeness (QED) is 0.474. The molecule has 0 aromatic carbocycles. The SMILES string of the molecule is C#C[C@]1(OC(=O)COc2cccnc2)CCC2C3CCC4=CC(=O)CCC4C3CCC21CC. The number of hydrogen-bond donors (Lipinski definition) is 0. The Morgan fingerprint density at radius 1 is 1.21 bits per heavy atom. The van der Waals surface area contributed by atoms with Crippen molar-refractivity contribution in [3.05, 3.63) is 36.2 Å². The molecular formula is C28H33NO4. The van der Waals surface area contributed by atoms with Crippen molar-refractivity contribution in [2.45, 2.75) is 70.3 Å². The summed E-state index contributed by atoms with van der Waals surface area (Å²) in [5.74, 6) is 5.64. The molecule has 0 N–H and O–H groups in total. The van der Waals surface area contributed by atoms with E-state index in [0.29, 0.717) is 41.6 Å². The Bertz CT molecular complexity index is 995. The van der Waals surface area contributed by atoms with Crippen molar-refractivity contribution in [1.82, 2.24) is 4.98 Å². The number of aromatic nitrogens is 1. The first kappa shape index (κ1) is 22.2. The second kappa shape index (κ2) is 8.63. The molecule has 5 heteroatoms. The average molecular weight is 448 g/mol. The number of carbonyl (C=O) groups is 2. The highest BCUT2D eigenvalue weighted by Crippen LogP contribution is 2.67. The number of ether oxygens (including phenoxy) is 2. The zero-order valence-corrected chi connectivity index (χ0v) is 19.4. The highest BCUT2D eigenvalue weighted by Gasteiger charge is 2.65. The van der Waals surface area contributed by atoms with E-state index in [1.165, 1.54) is 5.57 Å². The fourth-order valence-corrected chi connectivity index (χ4v) is 7.92. The summed E-state index contributed by atoms with van der Waals surface area (Å²) in [5, 5.41) is 0. The first-order valence-electron chi connectivity index (χ1n) is 12.5. The number of carbonyl (C=O) groups excluding carboxylic acids is 2. The summed E-state index contributed by atoms with van der Waals surface area (Å²) in [6.07, 6.45) is 19.9. The molecule has 1 heterocycles. The summed E-state index contributed by atoms with van der Waals surface area (Å²) in [7, 11) is 0. The maximum Gasteiger partial charge on any atom is 0.345 e. The largest absolute Gasteiger partial charge is 0.480 e. The van der Waals surface area contributed by atoms with E-state index >= 15 is 0 Å². The summed E-state index contributed by atoms with van der Waals surface area (Å²) in [6.45, 7) is 2.04. The van der Waals surface area contributed by atoms with E-state index in [9.17, 15) is 9.59 Å². The molecule has 3 saturated carbocycles. The summed E-state index contributed by atoms with van der Waals surface area (Å²) >= 11 is 0. The second-order valence-corrected chi connectivity index (χ2v) is 10.3. The van der Waals surface area contributed by atoms with E-state index in [1.54, 1.807) is 24.5 Å². The number of hydrogen-bond acceptors (Lipinski definition) is 5. The minimum absolute atomic E-state index is 0.171. The molecule has 0 radical (unpaired) electrons. The van der Waals surface area contributed by atoms with Crippen LogP contribution in [0.4, 0.5) is 0 Å². The van der Waals surface area contributed by atoms with Crippen LogP contribution in [0.1, 0.15) is 64.7 Å². The van der Waals surface area contributed by atoms with Crippen molar-refractivity contribution in [1.29, 1.82) is 0 Å². The lowest BCUT2D eigenvalue weighted by atomic mass is 9.49. The lowest BCUT2D eigenvalue weighted by Crippen LogP contribution is -2.55. The van der Waals surface area contributed by atoms with Gasteiger partial charge in [-0.2, -0.15) is 0 Å². The Balaban J connectivity index is 1.35. The molecule has 0 amide bonds. The zero-order chi connectivity index (χ0) is 23.1. The topological polar surface area (TPSA) is 65.5 Å². The van der Waals surface area contributed by atoms with Gasteiger partial charge in [0.05, 0.1) is 6.20 Å². The van der Waals surface area contributed by atoms with Gasteiger partial charge in [-0.3, -0.25) is 9.78 Å². The Morgan fingerprint density at radius 3 is 2.85 bits per heavy atom. The first-order valence-corrected chi connectivity index (χ1v) is 12.5. The van der Waals surface area contributed by atoms with Crippen LogP contribution < -0.4 is 4.74 Å². The zero-order valence-electron chi connectivity index (χ0n) is 19.4. The van der Waals surface area contributed by atoms with E-state index in [4.69, 9.17) is 15.9 Å². The van der Waals surface area contributed by atoms with E-state index in [0.717, 1.165) is 51.4 Å². The minimum Gasteiger partial charge on any atom is -0.480 e. The molecule has 4 aliphatic carbocycles. The van der Waals surface area contributed by atoms with E-state index in [1.807, 2.05) is 6.08 Å². The molecule has 0 saturated heterocycles.